The Labute approximate surface area is 123 Å². The van der Waals surface area contributed by atoms with Gasteiger partial charge in [0.25, 0.3) is 0 Å². The van der Waals surface area contributed by atoms with Crippen LogP contribution in [-0.4, -0.2) is 39.0 Å². The Hall–Kier alpha value is -0.430. The van der Waals surface area contributed by atoms with Gasteiger partial charge in [0.1, 0.15) is 0 Å². The molecule has 1 aromatic rings. The van der Waals surface area contributed by atoms with Gasteiger partial charge in [-0.05, 0) is 37.6 Å². The van der Waals surface area contributed by atoms with Crippen molar-refractivity contribution in [3.8, 4) is 0 Å². The van der Waals surface area contributed by atoms with Crippen molar-refractivity contribution in [2.75, 3.05) is 20.3 Å². The van der Waals surface area contributed by atoms with Crippen LogP contribution in [0.2, 0.25) is 0 Å². The minimum absolute atomic E-state index is 0.191. The van der Waals surface area contributed by atoms with Crippen LogP contribution in [0, 0.1) is 6.92 Å². The molecule has 0 heterocycles. The molecule has 0 spiro atoms. The fourth-order valence-electron chi connectivity index (χ4n) is 1.96. The van der Waals surface area contributed by atoms with Crippen LogP contribution in [0.25, 0.3) is 0 Å². The topological polar surface area (TPSA) is 46.6 Å². The molecule has 0 aromatic heterocycles. The third-order valence-corrected chi connectivity index (χ3v) is 5.92. The summed E-state index contributed by atoms with van der Waals surface area (Å²) in [5.74, 6) is 0. The monoisotopic (exact) mass is 349 g/mol. The molecule has 0 radical (unpaired) electrons. The Morgan fingerprint density at radius 1 is 1.42 bits per heavy atom. The number of hydrogen-bond acceptors (Lipinski definition) is 3. The molecule has 0 saturated carbocycles. The van der Waals surface area contributed by atoms with Gasteiger partial charge in [0.05, 0.1) is 11.5 Å². The molecule has 1 unspecified atom stereocenters. The summed E-state index contributed by atoms with van der Waals surface area (Å²) >= 11 is 3.38. The summed E-state index contributed by atoms with van der Waals surface area (Å²) in [5, 5.41) is 0. The molecule has 1 rings (SSSR count). The summed E-state index contributed by atoms with van der Waals surface area (Å²) in [5.41, 5.74) is 0.900. The summed E-state index contributed by atoms with van der Waals surface area (Å²) in [4.78, 5) is 0.318. The number of aryl methyl sites for hydroxylation is 1. The lowest BCUT2D eigenvalue weighted by Gasteiger charge is -2.26. The summed E-state index contributed by atoms with van der Waals surface area (Å²) in [6.45, 7) is 6.34. The first-order chi connectivity index (χ1) is 8.84. The highest BCUT2D eigenvalue weighted by atomic mass is 79.9. The van der Waals surface area contributed by atoms with Gasteiger partial charge in [-0.15, -0.1) is 0 Å². The molecule has 0 saturated heterocycles. The number of likely N-dealkylation sites (N-methyl/N-ethyl adjacent to an activating group) is 1. The van der Waals surface area contributed by atoms with Crippen LogP contribution in [0.15, 0.2) is 27.6 Å². The second-order valence-electron chi connectivity index (χ2n) is 4.42. The first-order valence-electron chi connectivity index (χ1n) is 6.11. The summed E-state index contributed by atoms with van der Waals surface area (Å²) < 4.78 is 32.6. The number of halogens is 1. The zero-order valence-corrected chi connectivity index (χ0v) is 14.1. The quantitative estimate of drug-likeness (QED) is 0.793. The number of benzene rings is 1. The van der Waals surface area contributed by atoms with Crippen molar-refractivity contribution in [3.05, 3.63) is 28.2 Å². The van der Waals surface area contributed by atoms with Gasteiger partial charge >= 0.3 is 0 Å². The van der Waals surface area contributed by atoms with Gasteiger partial charge in [0, 0.05) is 24.2 Å². The largest absolute Gasteiger partial charge is 0.383 e. The number of hydrogen-bond donors (Lipinski definition) is 0. The Kier molecular flexibility index (Phi) is 5.98. The number of methoxy groups -OCH3 is 1. The van der Waals surface area contributed by atoms with Crippen LogP contribution in [0.5, 0.6) is 0 Å². The van der Waals surface area contributed by atoms with Gasteiger partial charge in [-0.1, -0.05) is 22.9 Å². The highest BCUT2D eigenvalue weighted by molar-refractivity contribution is 9.10. The zero-order valence-electron chi connectivity index (χ0n) is 11.7. The van der Waals surface area contributed by atoms with Crippen LogP contribution < -0.4 is 0 Å². The summed E-state index contributed by atoms with van der Waals surface area (Å²) in [7, 11) is -1.91. The molecule has 0 fully saturated rings. The van der Waals surface area contributed by atoms with E-state index in [1.807, 2.05) is 20.8 Å². The van der Waals surface area contributed by atoms with E-state index >= 15 is 0 Å². The van der Waals surface area contributed by atoms with Crippen molar-refractivity contribution in [2.24, 2.45) is 0 Å². The van der Waals surface area contributed by atoms with E-state index in [0.29, 0.717) is 18.0 Å². The Morgan fingerprint density at radius 2 is 2.05 bits per heavy atom. The average Bonchev–Trinajstić information content (AvgIpc) is 2.33. The molecule has 19 heavy (non-hydrogen) atoms. The fourth-order valence-corrected chi connectivity index (χ4v) is 3.91. The third kappa shape index (κ3) is 3.78. The van der Waals surface area contributed by atoms with E-state index in [2.05, 4.69) is 15.9 Å². The minimum Gasteiger partial charge on any atom is -0.383 e. The second-order valence-corrected chi connectivity index (χ2v) is 7.17. The number of ether oxygens (including phenoxy) is 1. The highest BCUT2D eigenvalue weighted by Crippen LogP contribution is 2.23. The lowest BCUT2D eigenvalue weighted by Crippen LogP contribution is -2.40. The van der Waals surface area contributed by atoms with Crippen LogP contribution in [0.4, 0.5) is 0 Å². The molecule has 1 aromatic carbocycles. The first-order valence-corrected chi connectivity index (χ1v) is 8.34. The Balaban J connectivity index is 3.16. The molecule has 0 aliphatic carbocycles. The molecule has 4 nitrogen and oxygen atoms in total. The molecule has 6 heteroatoms. The highest BCUT2D eigenvalue weighted by Gasteiger charge is 2.27. The maximum absolute atomic E-state index is 12.6. The molecule has 0 N–H and O–H groups in total. The summed E-state index contributed by atoms with van der Waals surface area (Å²) in [6, 6.07) is 4.87. The summed E-state index contributed by atoms with van der Waals surface area (Å²) in [6.07, 6.45) is 0. The Bertz CT molecular complexity index is 531. The van der Waals surface area contributed by atoms with Crippen LogP contribution >= 0.6 is 15.9 Å². The van der Waals surface area contributed by atoms with Gasteiger partial charge in [-0.2, -0.15) is 4.31 Å². The van der Waals surface area contributed by atoms with Gasteiger partial charge < -0.3 is 4.74 Å². The van der Waals surface area contributed by atoms with Crippen LogP contribution in [0.1, 0.15) is 19.4 Å². The van der Waals surface area contributed by atoms with Crippen LogP contribution in [-0.2, 0) is 14.8 Å². The van der Waals surface area contributed by atoms with Gasteiger partial charge in [0.15, 0.2) is 0 Å². The van der Waals surface area contributed by atoms with Crippen molar-refractivity contribution in [3.63, 3.8) is 0 Å². The van der Waals surface area contributed by atoms with Gasteiger partial charge in [-0.25, -0.2) is 8.42 Å². The standard InChI is InChI=1S/C13H20BrNO3S/c1-5-15(11(3)9-18-4)19(16,17)12-6-7-13(14)10(2)8-12/h6-8,11H,5,9H2,1-4H3. The van der Waals surface area contributed by atoms with E-state index in [-0.39, 0.29) is 6.04 Å². The lowest BCUT2D eigenvalue weighted by molar-refractivity contribution is 0.142. The van der Waals surface area contributed by atoms with Gasteiger partial charge in [0.2, 0.25) is 10.0 Å². The zero-order chi connectivity index (χ0) is 14.6. The van der Waals surface area contributed by atoms with Crippen molar-refractivity contribution in [1.82, 2.24) is 4.31 Å². The van der Waals surface area contributed by atoms with E-state index in [1.165, 1.54) is 4.31 Å². The van der Waals surface area contributed by atoms with E-state index in [0.717, 1.165) is 10.0 Å². The van der Waals surface area contributed by atoms with E-state index in [4.69, 9.17) is 4.74 Å². The number of sulfonamides is 1. The number of nitrogens with zero attached hydrogens (tertiary/aromatic N) is 1. The molecule has 0 bridgehead atoms. The Morgan fingerprint density at radius 3 is 2.53 bits per heavy atom. The van der Waals surface area contributed by atoms with Crippen molar-refractivity contribution >= 4 is 26.0 Å². The first kappa shape index (κ1) is 16.6. The minimum atomic E-state index is -3.48. The normalized spacial score (nSPS) is 13.8. The van der Waals surface area contributed by atoms with E-state index < -0.39 is 10.0 Å². The smallest absolute Gasteiger partial charge is 0.243 e. The van der Waals surface area contributed by atoms with Crippen LogP contribution in [0.3, 0.4) is 0 Å². The van der Waals surface area contributed by atoms with E-state index in [1.54, 1.807) is 25.3 Å². The SMILES string of the molecule is CCN(C(C)COC)S(=O)(=O)c1ccc(Br)c(C)c1. The average molecular weight is 350 g/mol. The molecule has 108 valence electrons. The third-order valence-electron chi connectivity index (χ3n) is 2.95. The fraction of sp³-hybridized carbons (Fsp3) is 0.538. The van der Waals surface area contributed by atoms with E-state index in [9.17, 15) is 8.42 Å². The molecule has 0 aliphatic heterocycles. The van der Waals surface area contributed by atoms with Crippen molar-refractivity contribution in [2.45, 2.75) is 31.7 Å². The predicted molar refractivity (Wildman–Crippen MR) is 79.8 cm³/mol. The molecule has 0 amide bonds. The van der Waals surface area contributed by atoms with Crippen molar-refractivity contribution < 1.29 is 13.2 Å². The molecular formula is C13H20BrNO3S. The molecule has 0 aliphatic rings. The predicted octanol–water partition coefficient (Wildman–Crippen LogP) is 2.80. The molecule has 1 atom stereocenters. The number of rotatable bonds is 6. The van der Waals surface area contributed by atoms with Gasteiger partial charge in [-0.3, -0.25) is 0 Å². The second kappa shape index (κ2) is 6.83. The molecular weight excluding hydrogens is 330 g/mol. The lowest BCUT2D eigenvalue weighted by atomic mass is 10.2. The maximum Gasteiger partial charge on any atom is 0.243 e. The maximum atomic E-state index is 12.6. The van der Waals surface area contributed by atoms with Crippen molar-refractivity contribution in [1.29, 1.82) is 0 Å².